The topological polar surface area (TPSA) is 63.4 Å². The first-order chi connectivity index (χ1) is 12.1. The van der Waals surface area contributed by atoms with E-state index in [2.05, 4.69) is 38.8 Å². The molecule has 0 aliphatic heterocycles. The summed E-state index contributed by atoms with van der Waals surface area (Å²) in [6.07, 6.45) is 9.68. The van der Waals surface area contributed by atoms with Crippen LogP contribution in [-0.4, -0.2) is 26.4 Å². The summed E-state index contributed by atoms with van der Waals surface area (Å²) < 4.78 is -0.744. The van der Waals surface area contributed by atoms with Crippen LogP contribution in [0.3, 0.4) is 0 Å². The minimum absolute atomic E-state index is 0.0526. The molecule has 1 rings (SSSR count). The maximum atomic E-state index is 12.6. The zero-order valence-electron chi connectivity index (χ0n) is 15.6. The normalized spacial score (nSPS) is 18.6. The lowest BCUT2D eigenvalue weighted by Crippen LogP contribution is -2.30. The minimum Gasteiger partial charge on any atom is -0.393 e. The third kappa shape index (κ3) is 6.43. The van der Waals surface area contributed by atoms with E-state index in [1.165, 1.54) is 6.08 Å². The molecule has 4 nitrogen and oxygen atoms in total. The molecule has 0 unspecified atom stereocenters. The number of carbonyl (C=O) groups is 2. The Kier molecular flexibility index (Phi) is 9.41. The maximum absolute atomic E-state index is 12.6. The summed E-state index contributed by atoms with van der Waals surface area (Å²) in [6, 6.07) is 0. The molecule has 0 atom stereocenters. The zero-order valence-corrected chi connectivity index (χ0v) is 19.6. The van der Waals surface area contributed by atoms with Crippen molar-refractivity contribution < 1.29 is 9.59 Å². The lowest BCUT2D eigenvalue weighted by molar-refractivity contribution is -0.124. The number of hydrogen-bond donors (Lipinski definition) is 1. The van der Waals surface area contributed by atoms with Crippen molar-refractivity contribution in [3.8, 4) is 0 Å². The van der Waals surface area contributed by atoms with Gasteiger partial charge in [0.25, 0.3) is 5.91 Å². The highest BCUT2D eigenvalue weighted by atomic mass is 79.9. The van der Waals surface area contributed by atoms with Crippen LogP contribution in [0.25, 0.3) is 0 Å². The van der Waals surface area contributed by atoms with E-state index in [4.69, 9.17) is 5.73 Å². The van der Waals surface area contributed by atoms with Gasteiger partial charge >= 0.3 is 0 Å². The van der Waals surface area contributed by atoms with Crippen LogP contribution in [0.5, 0.6) is 0 Å². The molecule has 0 bridgehead atoms. The van der Waals surface area contributed by atoms with Gasteiger partial charge in [-0.15, -0.1) is 0 Å². The molecule has 1 amide bonds. The van der Waals surface area contributed by atoms with Crippen molar-refractivity contribution in [2.24, 2.45) is 5.73 Å². The Morgan fingerprint density at radius 3 is 2.62 bits per heavy atom. The average molecular weight is 506 g/mol. The Morgan fingerprint density at radius 2 is 2.04 bits per heavy atom. The molecule has 0 aromatic carbocycles. The van der Waals surface area contributed by atoms with Crippen molar-refractivity contribution in [2.75, 3.05) is 6.54 Å². The number of hydrogen-bond acceptors (Lipinski definition) is 4. The molecule has 7 heteroatoms. The Labute approximate surface area is 177 Å². The number of Topliss-reactive ketones (excluding diaryl/α,β-unsaturated/α-hetero) is 1. The van der Waals surface area contributed by atoms with Crippen LogP contribution in [0.1, 0.15) is 47.0 Å². The van der Waals surface area contributed by atoms with Crippen LogP contribution >= 0.6 is 43.6 Å². The van der Waals surface area contributed by atoms with Gasteiger partial charge in [-0.1, -0.05) is 68.3 Å². The molecule has 0 saturated heterocycles. The maximum Gasteiger partial charge on any atom is 0.253 e. The van der Waals surface area contributed by atoms with Gasteiger partial charge in [-0.05, 0) is 46.1 Å². The monoisotopic (exact) mass is 504 g/mol. The lowest BCUT2D eigenvalue weighted by atomic mass is 9.99. The van der Waals surface area contributed by atoms with Gasteiger partial charge in [0.15, 0.2) is 5.78 Å². The quantitative estimate of drug-likeness (QED) is 0.287. The Bertz CT molecular complexity index is 679. The van der Waals surface area contributed by atoms with Crippen molar-refractivity contribution in [1.82, 2.24) is 4.90 Å². The van der Waals surface area contributed by atoms with Gasteiger partial charge < -0.3 is 10.6 Å². The summed E-state index contributed by atoms with van der Waals surface area (Å²) in [5.41, 5.74) is 7.90. The SMILES string of the molecule is CC/C=C\C=C(/C)N(CC)C(=O)/C=C(\N)SC1=C(C)CCC(Br)(Br)C1=O. The summed E-state index contributed by atoms with van der Waals surface area (Å²) in [5, 5.41) is 0.311. The molecule has 0 radical (unpaired) electrons. The predicted octanol–water partition coefficient (Wildman–Crippen LogP) is 5.36. The van der Waals surface area contributed by atoms with Crippen LogP contribution in [0, 0.1) is 0 Å². The number of amides is 1. The molecule has 0 fully saturated rings. The first-order valence-corrected chi connectivity index (χ1v) is 11.0. The van der Waals surface area contributed by atoms with E-state index in [1.54, 1.807) is 4.90 Å². The standard InChI is InChI=1S/C19H26Br2N2O2S/c1-5-7-8-9-14(4)23(6-2)16(24)12-15(22)26-17-13(3)10-11-19(20,21)18(17)25/h7-9,12H,5-6,10-11,22H2,1-4H3/b8-7-,14-9+,15-12+. The number of nitrogens with zero attached hydrogens (tertiary/aromatic N) is 1. The van der Waals surface area contributed by atoms with Crippen molar-refractivity contribution in [3.05, 3.63) is 45.5 Å². The Morgan fingerprint density at radius 1 is 1.38 bits per heavy atom. The smallest absolute Gasteiger partial charge is 0.253 e. The van der Waals surface area contributed by atoms with Crippen LogP contribution in [-0.2, 0) is 9.59 Å². The highest BCUT2D eigenvalue weighted by Gasteiger charge is 2.39. The Balaban J connectivity index is 2.94. The van der Waals surface area contributed by atoms with Gasteiger partial charge in [-0.25, -0.2) is 0 Å². The highest BCUT2D eigenvalue weighted by Crippen LogP contribution is 2.45. The second-order valence-corrected chi connectivity index (χ2v) is 10.9. The molecule has 0 saturated carbocycles. The van der Waals surface area contributed by atoms with E-state index in [9.17, 15) is 9.59 Å². The second-order valence-electron chi connectivity index (χ2n) is 6.02. The van der Waals surface area contributed by atoms with Crippen molar-refractivity contribution in [3.63, 3.8) is 0 Å². The fourth-order valence-electron chi connectivity index (χ4n) is 2.42. The lowest BCUT2D eigenvalue weighted by Gasteiger charge is -2.27. The zero-order chi connectivity index (χ0) is 19.9. The fourth-order valence-corrected chi connectivity index (χ4v) is 4.42. The molecule has 1 aliphatic carbocycles. The third-order valence-corrected chi connectivity index (χ3v) is 6.55. The Hall–Kier alpha value is -0.790. The number of nitrogens with two attached hydrogens (primary N) is 1. The molecular weight excluding hydrogens is 480 g/mol. The van der Waals surface area contributed by atoms with E-state index >= 15 is 0 Å². The number of thioether (sulfide) groups is 1. The summed E-state index contributed by atoms with van der Waals surface area (Å²) in [6.45, 7) is 8.33. The average Bonchev–Trinajstić information content (AvgIpc) is 2.56. The largest absolute Gasteiger partial charge is 0.393 e. The van der Waals surface area contributed by atoms with Crippen LogP contribution in [0.15, 0.2) is 45.5 Å². The van der Waals surface area contributed by atoms with E-state index in [-0.39, 0.29) is 11.7 Å². The van der Waals surface area contributed by atoms with Gasteiger partial charge in [0, 0.05) is 18.3 Å². The first-order valence-electron chi connectivity index (χ1n) is 8.56. The predicted molar refractivity (Wildman–Crippen MR) is 118 cm³/mol. The molecule has 0 heterocycles. The molecule has 0 aromatic heterocycles. The summed E-state index contributed by atoms with van der Waals surface area (Å²) in [5.74, 6) is -0.246. The van der Waals surface area contributed by atoms with Gasteiger partial charge in [-0.3, -0.25) is 9.59 Å². The molecule has 26 heavy (non-hydrogen) atoms. The van der Waals surface area contributed by atoms with E-state index in [1.807, 2.05) is 39.0 Å². The minimum atomic E-state index is -0.744. The summed E-state index contributed by atoms with van der Waals surface area (Å²) in [7, 11) is 0. The van der Waals surface area contributed by atoms with E-state index in [0.717, 1.165) is 35.9 Å². The number of ketones is 1. The number of alkyl halides is 2. The van der Waals surface area contributed by atoms with Gasteiger partial charge in [0.1, 0.15) is 3.23 Å². The number of rotatable bonds is 7. The van der Waals surface area contributed by atoms with E-state index < -0.39 is 3.23 Å². The molecule has 144 valence electrons. The molecule has 2 N–H and O–H groups in total. The van der Waals surface area contributed by atoms with Gasteiger partial charge in [0.2, 0.25) is 0 Å². The molecule has 0 spiro atoms. The van der Waals surface area contributed by atoms with Crippen LogP contribution in [0.4, 0.5) is 0 Å². The number of allylic oxidation sites excluding steroid dienone is 6. The van der Waals surface area contributed by atoms with E-state index in [0.29, 0.717) is 22.9 Å². The van der Waals surface area contributed by atoms with Crippen LogP contribution in [0.2, 0.25) is 0 Å². The fraction of sp³-hybridized carbons (Fsp3) is 0.474. The number of halogens is 2. The molecular formula is C19H26Br2N2O2S. The van der Waals surface area contributed by atoms with Gasteiger partial charge in [-0.2, -0.15) is 0 Å². The summed E-state index contributed by atoms with van der Waals surface area (Å²) >= 11 is 8.00. The number of likely N-dealkylation sites (N-methyl/N-ethyl adjacent to an activating group) is 1. The first kappa shape index (κ1) is 23.2. The molecule has 1 aliphatic rings. The highest BCUT2D eigenvalue weighted by molar-refractivity contribution is 9.26. The van der Waals surface area contributed by atoms with Crippen molar-refractivity contribution in [2.45, 2.75) is 50.2 Å². The van der Waals surface area contributed by atoms with Gasteiger partial charge in [0.05, 0.1) is 9.93 Å². The second kappa shape index (κ2) is 10.5. The third-order valence-electron chi connectivity index (χ3n) is 3.94. The summed E-state index contributed by atoms with van der Waals surface area (Å²) in [4.78, 5) is 27.4. The van der Waals surface area contributed by atoms with Crippen molar-refractivity contribution >= 4 is 55.3 Å². The van der Waals surface area contributed by atoms with Crippen LogP contribution < -0.4 is 5.73 Å². The van der Waals surface area contributed by atoms with Crippen molar-refractivity contribution in [1.29, 1.82) is 0 Å². The number of carbonyl (C=O) groups excluding carboxylic acids is 2. The molecule has 0 aromatic rings.